The first-order chi connectivity index (χ1) is 6.39. The van der Waals surface area contributed by atoms with Crippen molar-refractivity contribution in [3.05, 3.63) is 0 Å². The van der Waals surface area contributed by atoms with Crippen LogP contribution in [-0.2, 0) is 8.23 Å². The van der Waals surface area contributed by atoms with E-state index in [0.717, 1.165) is 12.5 Å². The summed E-state index contributed by atoms with van der Waals surface area (Å²) in [6.07, 6.45) is 1.05. The van der Waals surface area contributed by atoms with Crippen molar-refractivity contribution in [3.63, 3.8) is 0 Å². The Morgan fingerprint density at radius 3 is 2.43 bits per heavy atom. The zero-order valence-electron chi connectivity index (χ0n) is 9.54. The van der Waals surface area contributed by atoms with E-state index in [1.807, 2.05) is 0 Å². The molecule has 0 spiro atoms. The molecule has 0 aliphatic rings. The van der Waals surface area contributed by atoms with Crippen molar-refractivity contribution >= 4 is 27.0 Å². The van der Waals surface area contributed by atoms with Crippen molar-refractivity contribution < 1.29 is 8.23 Å². The maximum atomic E-state index is 6.11. The molecule has 0 aliphatic heterocycles. The number of hydrogen-bond donors (Lipinski definition) is 1. The van der Waals surface area contributed by atoms with Crippen LogP contribution >= 0.6 is 0 Å². The fraction of sp³-hybridized carbons (Fsp3) is 0.875. The maximum Gasteiger partial charge on any atom is 0.469 e. The van der Waals surface area contributed by atoms with Gasteiger partial charge in [0.25, 0.3) is 0 Å². The molecule has 0 aliphatic carbocycles. The molecule has 0 saturated heterocycles. The highest BCUT2D eigenvalue weighted by Gasteiger charge is 2.35. The van der Waals surface area contributed by atoms with E-state index in [9.17, 15) is 0 Å². The summed E-state index contributed by atoms with van der Waals surface area (Å²) >= 11 is 0. The second kappa shape index (κ2) is 6.60. The molecule has 3 nitrogen and oxygen atoms in total. The predicted molar refractivity (Wildman–Crippen MR) is 65.9 cm³/mol. The Balaban J connectivity index is 4.17. The van der Waals surface area contributed by atoms with Crippen LogP contribution in [0.15, 0.2) is 0 Å². The normalized spacial score (nSPS) is 15.3. The fourth-order valence-electron chi connectivity index (χ4n) is 1.12. The molecule has 0 aromatic heterocycles. The van der Waals surface area contributed by atoms with Gasteiger partial charge in [-0.1, -0.05) is 13.8 Å². The Bertz CT molecular complexity index is 205. The van der Waals surface area contributed by atoms with Crippen LogP contribution in [0.25, 0.3) is 0 Å². The Morgan fingerprint density at radius 1 is 1.50 bits per heavy atom. The number of rotatable bonds is 6. The largest absolute Gasteiger partial charge is 0.526 e. The second-order valence-electron chi connectivity index (χ2n) is 4.13. The van der Waals surface area contributed by atoms with Crippen LogP contribution in [0, 0.1) is 11.9 Å². The molecular formula is C8H21NO2Si3. The lowest BCUT2D eigenvalue weighted by atomic mass is 10.2. The molecule has 0 heterocycles. The van der Waals surface area contributed by atoms with Gasteiger partial charge in [-0.05, 0) is 25.4 Å². The Hall–Kier alpha value is 0.151. The highest BCUT2D eigenvalue weighted by Crippen LogP contribution is 2.14. The number of hydrogen-bond acceptors (Lipinski definition) is 3. The average molecular weight is 248 g/mol. The van der Waals surface area contributed by atoms with Crippen LogP contribution < -0.4 is 5.40 Å². The van der Waals surface area contributed by atoms with Crippen LogP contribution in [-0.4, -0.2) is 27.0 Å². The van der Waals surface area contributed by atoms with Crippen LogP contribution in [0.5, 0.6) is 0 Å². The maximum absolute atomic E-state index is 6.11. The molecule has 0 bridgehead atoms. The van der Waals surface area contributed by atoms with Gasteiger partial charge in [-0.15, -0.1) is 6.00 Å². The number of nitrogens with two attached hydrogens (primary N) is 1. The van der Waals surface area contributed by atoms with Gasteiger partial charge in [0, 0.05) is 6.04 Å². The van der Waals surface area contributed by atoms with Gasteiger partial charge in [-0.25, -0.2) is 0 Å². The first kappa shape index (κ1) is 14.2. The van der Waals surface area contributed by atoms with E-state index in [4.69, 9.17) is 19.6 Å². The molecule has 2 N–H and O–H groups in total. The summed E-state index contributed by atoms with van der Waals surface area (Å²) in [6.45, 7) is 8.55. The lowest BCUT2D eigenvalue weighted by molar-refractivity contribution is 0.396. The third-order valence-electron chi connectivity index (χ3n) is 1.74. The smallest absolute Gasteiger partial charge is 0.469 e. The molecule has 1 unspecified atom stereocenters. The van der Waals surface area contributed by atoms with E-state index in [0.29, 0.717) is 5.92 Å². The highest BCUT2D eigenvalue weighted by molar-refractivity contribution is 6.74. The molecule has 6 heteroatoms. The summed E-state index contributed by atoms with van der Waals surface area (Å²) in [5, 5.41) is 6.11. The quantitative estimate of drug-likeness (QED) is 0.716. The van der Waals surface area contributed by atoms with Crippen LogP contribution in [0.1, 0.15) is 20.3 Å². The van der Waals surface area contributed by atoms with Gasteiger partial charge in [0.15, 0.2) is 9.04 Å². The zero-order chi connectivity index (χ0) is 11.2. The molecule has 0 saturated carbocycles. The summed E-state index contributed by atoms with van der Waals surface area (Å²) in [6, 6.07) is 6.24. The van der Waals surface area contributed by atoms with Gasteiger partial charge in [-0.3, -0.25) is 5.40 Å². The summed E-state index contributed by atoms with van der Waals surface area (Å²) < 4.78 is 11.2. The third kappa shape index (κ3) is 6.58. The minimum absolute atomic E-state index is 0.0539. The van der Waals surface area contributed by atoms with Crippen molar-refractivity contribution in [1.82, 2.24) is 0 Å². The van der Waals surface area contributed by atoms with Crippen LogP contribution in [0.2, 0.25) is 19.1 Å². The van der Waals surface area contributed by atoms with Crippen molar-refractivity contribution in [2.45, 2.75) is 39.4 Å². The molecule has 1 atom stereocenters. The van der Waals surface area contributed by atoms with Gasteiger partial charge in [0.2, 0.25) is 9.20 Å². The molecular weight excluding hydrogens is 226 g/mol. The third-order valence-corrected chi connectivity index (χ3v) is 8.06. The summed E-state index contributed by atoms with van der Waals surface area (Å²) in [7, 11) is -3.61. The minimum Gasteiger partial charge on any atom is -0.526 e. The molecule has 14 heavy (non-hydrogen) atoms. The Labute approximate surface area is 92.3 Å². The molecule has 0 amide bonds. The SMILES string of the molecule is C#[Si]O[Si](N)(CCC(C)C)O[SiH](C)C. The lowest BCUT2D eigenvalue weighted by Gasteiger charge is -2.26. The van der Waals surface area contributed by atoms with Crippen molar-refractivity contribution in [2.75, 3.05) is 0 Å². The van der Waals surface area contributed by atoms with E-state index in [2.05, 4.69) is 26.9 Å². The first-order valence-electron chi connectivity index (χ1n) is 5.00. The van der Waals surface area contributed by atoms with Crippen molar-refractivity contribution in [3.8, 4) is 6.00 Å². The predicted octanol–water partition coefficient (Wildman–Crippen LogP) is 1.15. The Kier molecular flexibility index (Phi) is 6.67. The topological polar surface area (TPSA) is 44.5 Å². The minimum atomic E-state index is -2.43. The van der Waals surface area contributed by atoms with E-state index in [1.165, 1.54) is 0 Å². The molecule has 0 fully saturated rings. The lowest BCUT2D eigenvalue weighted by Crippen LogP contribution is -2.54. The van der Waals surface area contributed by atoms with Crippen molar-refractivity contribution in [2.24, 2.45) is 11.3 Å². The summed E-state index contributed by atoms with van der Waals surface area (Å²) in [5.41, 5.74) is 0. The van der Waals surface area contributed by atoms with Crippen LogP contribution in [0.4, 0.5) is 0 Å². The van der Waals surface area contributed by atoms with E-state index in [-0.39, 0.29) is 9.20 Å². The van der Waals surface area contributed by atoms with Gasteiger partial charge in [-0.2, -0.15) is 0 Å². The monoisotopic (exact) mass is 247 g/mol. The van der Waals surface area contributed by atoms with Gasteiger partial charge in [0.1, 0.15) is 0 Å². The molecule has 82 valence electrons. The average Bonchev–Trinajstić information content (AvgIpc) is 2.00. The van der Waals surface area contributed by atoms with Gasteiger partial charge >= 0.3 is 8.72 Å². The summed E-state index contributed by atoms with van der Waals surface area (Å²) in [5.74, 6) is 0.632. The highest BCUT2D eigenvalue weighted by atomic mass is 28.4. The van der Waals surface area contributed by atoms with Gasteiger partial charge in [0.05, 0.1) is 0 Å². The molecule has 0 radical (unpaired) electrons. The van der Waals surface area contributed by atoms with E-state index >= 15 is 0 Å². The first-order valence-corrected chi connectivity index (χ1v) is 10.9. The van der Waals surface area contributed by atoms with Crippen molar-refractivity contribution in [1.29, 1.82) is 0 Å². The molecule has 0 aromatic rings. The fourth-order valence-corrected chi connectivity index (χ4v) is 7.60. The van der Waals surface area contributed by atoms with E-state index in [1.54, 1.807) is 0 Å². The van der Waals surface area contributed by atoms with Gasteiger partial charge < -0.3 is 8.23 Å². The second-order valence-corrected chi connectivity index (χ2v) is 10.3. The standard InChI is InChI=1S/C8H21NO2Si3/c1-8(2)6-7-14(9,10-12-3)11-13(4)5/h3,8,13H,6-7,9H2,1-2,4-5H3. The Morgan fingerprint density at radius 2 is 2.07 bits per heavy atom. The molecule has 0 rings (SSSR count). The zero-order valence-corrected chi connectivity index (χ0v) is 12.7. The van der Waals surface area contributed by atoms with Crippen LogP contribution in [0.3, 0.4) is 0 Å². The summed E-state index contributed by atoms with van der Waals surface area (Å²) in [4.78, 5) is 0. The molecule has 0 aromatic carbocycles. The van der Waals surface area contributed by atoms with E-state index < -0.39 is 17.8 Å².